The summed E-state index contributed by atoms with van der Waals surface area (Å²) in [7, 11) is 0. The number of hydrogen-bond donors (Lipinski definition) is 0. The Morgan fingerprint density at radius 3 is 2.80 bits per heavy atom. The van der Waals surface area contributed by atoms with Crippen LogP contribution in [-0.4, -0.2) is 34.2 Å². The molecule has 0 aliphatic carbocycles. The van der Waals surface area contributed by atoms with Gasteiger partial charge in [0.05, 0.1) is 23.7 Å². The van der Waals surface area contributed by atoms with Crippen LogP contribution in [0.1, 0.15) is 32.1 Å². The summed E-state index contributed by atoms with van der Waals surface area (Å²) in [5.74, 6) is 1.55. The van der Waals surface area contributed by atoms with Crippen LogP contribution >= 0.6 is 27.5 Å². The first-order valence-electron chi connectivity index (χ1n) is 9.80. The number of hydrogen-bond acceptors (Lipinski definition) is 5. The molecule has 1 heterocycles. The van der Waals surface area contributed by atoms with E-state index in [0.717, 1.165) is 16.6 Å². The highest BCUT2D eigenvalue weighted by atomic mass is 79.9. The van der Waals surface area contributed by atoms with E-state index in [1.807, 2.05) is 49.4 Å². The zero-order valence-corrected chi connectivity index (χ0v) is 19.0. The van der Waals surface area contributed by atoms with Gasteiger partial charge in [-0.05, 0) is 43.2 Å². The zero-order valence-electron chi connectivity index (χ0n) is 16.7. The largest absolute Gasteiger partial charge is 0.494 e. The van der Waals surface area contributed by atoms with Gasteiger partial charge in [-0.3, -0.25) is 4.79 Å². The Morgan fingerprint density at radius 2 is 2.03 bits per heavy atom. The average Bonchev–Trinajstić information content (AvgIpc) is 3.19. The molecule has 0 saturated heterocycles. The van der Waals surface area contributed by atoms with E-state index >= 15 is 0 Å². The SMILES string of the molecule is CCCN(Cc1nnc(-c2ccccc2Cl)o1)C(=O)CCCOc1cccc(Br)c1. The highest BCUT2D eigenvalue weighted by Crippen LogP contribution is 2.26. The molecular weight excluding hydrogens is 470 g/mol. The Hall–Kier alpha value is -2.38. The molecular formula is C22H23BrClN3O3. The lowest BCUT2D eigenvalue weighted by Gasteiger charge is -2.20. The highest BCUT2D eigenvalue weighted by molar-refractivity contribution is 9.10. The van der Waals surface area contributed by atoms with Gasteiger partial charge in [0, 0.05) is 17.4 Å². The molecule has 8 heteroatoms. The number of aromatic nitrogens is 2. The van der Waals surface area contributed by atoms with E-state index in [-0.39, 0.29) is 12.5 Å². The number of halogens is 2. The second-order valence-corrected chi connectivity index (χ2v) is 8.03. The van der Waals surface area contributed by atoms with E-state index in [1.165, 1.54) is 0 Å². The van der Waals surface area contributed by atoms with Crippen molar-refractivity contribution < 1.29 is 13.9 Å². The number of rotatable bonds is 10. The molecule has 0 radical (unpaired) electrons. The molecule has 3 aromatic rings. The average molecular weight is 493 g/mol. The molecule has 30 heavy (non-hydrogen) atoms. The number of carbonyl (C=O) groups is 1. The Bertz CT molecular complexity index is 980. The molecule has 0 unspecified atom stereocenters. The van der Waals surface area contributed by atoms with E-state index in [9.17, 15) is 4.79 Å². The van der Waals surface area contributed by atoms with Gasteiger partial charge in [-0.2, -0.15) is 0 Å². The summed E-state index contributed by atoms with van der Waals surface area (Å²) in [6, 6.07) is 14.9. The zero-order chi connectivity index (χ0) is 21.3. The van der Waals surface area contributed by atoms with Crippen molar-refractivity contribution in [3.8, 4) is 17.2 Å². The van der Waals surface area contributed by atoms with Crippen molar-refractivity contribution in [1.29, 1.82) is 0 Å². The molecule has 0 N–H and O–H groups in total. The summed E-state index contributed by atoms with van der Waals surface area (Å²) < 4.78 is 12.4. The standard InChI is InChI=1S/C22H23BrClN3O3/c1-2-12-27(21(28)11-6-13-29-17-8-5-7-16(23)14-17)15-20-25-26-22(30-20)18-9-3-4-10-19(18)24/h3-5,7-10,14H,2,6,11-13,15H2,1H3. The monoisotopic (exact) mass is 491 g/mol. The smallest absolute Gasteiger partial charge is 0.249 e. The van der Waals surface area contributed by atoms with E-state index in [0.29, 0.717) is 48.4 Å². The first kappa shape index (κ1) is 22.3. The number of amides is 1. The summed E-state index contributed by atoms with van der Waals surface area (Å²) in [6.07, 6.45) is 1.85. The third-order valence-corrected chi connectivity index (χ3v) is 5.17. The molecule has 0 atom stereocenters. The highest BCUT2D eigenvalue weighted by Gasteiger charge is 2.18. The third-order valence-electron chi connectivity index (χ3n) is 4.34. The van der Waals surface area contributed by atoms with Crippen LogP contribution < -0.4 is 4.74 Å². The lowest BCUT2D eigenvalue weighted by Crippen LogP contribution is -2.31. The van der Waals surface area contributed by atoms with Gasteiger partial charge in [0.2, 0.25) is 17.7 Å². The third kappa shape index (κ3) is 6.31. The summed E-state index contributed by atoms with van der Waals surface area (Å²) in [6.45, 7) is 3.39. The summed E-state index contributed by atoms with van der Waals surface area (Å²) >= 11 is 9.61. The van der Waals surface area contributed by atoms with Crippen LogP contribution in [0, 0.1) is 0 Å². The lowest BCUT2D eigenvalue weighted by atomic mass is 10.2. The van der Waals surface area contributed by atoms with Crippen molar-refractivity contribution in [2.45, 2.75) is 32.7 Å². The van der Waals surface area contributed by atoms with Gasteiger partial charge in [-0.1, -0.05) is 52.7 Å². The molecule has 0 bridgehead atoms. The van der Waals surface area contributed by atoms with Crippen molar-refractivity contribution in [1.82, 2.24) is 15.1 Å². The van der Waals surface area contributed by atoms with Gasteiger partial charge >= 0.3 is 0 Å². The quantitative estimate of drug-likeness (QED) is 0.337. The molecule has 6 nitrogen and oxygen atoms in total. The summed E-state index contributed by atoms with van der Waals surface area (Å²) in [5, 5.41) is 8.70. The molecule has 3 rings (SSSR count). The van der Waals surface area contributed by atoms with Gasteiger partial charge in [-0.25, -0.2) is 0 Å². The van der Waals surface area contributed by atoms with Crippen molar-refractivity contribution in [2.24, 2.45) is 0 Å². The van der Waals surface area contributed by atoms with Gasteiger partial charge < -0.3 is 14.1 Å². The maximum atomic E-state index is 12.7. The van der Waals surface area contributed by atoms with Crippen molar-refractivity contribution in [2.75, 3.05) is 13.2 Å². The molecule has 1 amide bonds. The lowest BCUT2D eigenvalue weighted by molar-refractivity contribution is -0.132. The molecule has 0 spiro atoms. The Morgan fingerprint density at radius 1 is 1.20 bits per heavy atom. The maximum Gasteiger partial charge on any atom is 0.249 e. The number of ether oxygens (including phenoxy) is 1. The minimum absolute atomic E-state index is 0.0344. The Labute approximate surface area is 189 Å². The predicted octanol–water partition coefficient (Wildman–Crippen LogP) is 5.75. The molecule has 2 aromatic carbocycles. The van der Waals surface area contributed by atoms with Crippen LogP contribution in [0.4, 0.5) is 0 Å². The van der Waals surface area contributed by atoms with E-state index in [2.05, 4.69) is 26.1 Å². The summed E-state index contributed by atoms with van der Waals surface area (Å²) in [4.78, 5) is 14.4. The van der Waals surface area contributed by atoms with Crippen LogP contribution in [0.25, 0.3) is 11.5 Å². The number of nitrogens with zero attached hydrogens (tertiary/aromatic N) is 3. The van der Waals surface area contributed by atoms with Crippen molar-refractivity contribution in [3.63, 3.8) is 0 Å². The van der Waals surface area contributed by atoms with Crippen LogP contribution in [-0.2, 0) is 11.3 Å². The maximum absolute atomic E-state index is 12.7. The van der Waals surface area contributed by atoms with Crippen LogP contribution in [0.5, 0.6) is 5.75 Å². The first-order chi connectivity index (χ1) is 14.6. The van der Waals surface area contributed by atoms with Crippen LogP contribution in [0.15, 0.2) is 57.4 Å². The van der Waals surface area contributed by atoms with Crippen LogP contribution in [0.3, 0.4) is 0 Å². The second-order valence-electron chi connectivity index (χ2n) is 6.71. The van der Waals surface area contributed by atoms with E-state index in [1.54, 1.807) is 11.0 Å². The second kappa shape index (κ2) is 11.1. The Balaban J connectivity index is 1.53. The fourth-order valence-corrected chi connectivity index (χ4v) is 3.51. The first-order valence-corrected chi connectivity index (χ1v) is 11.0. The topological polar surface area (TPSA) is 68.5 Å². The van der Waals surface area contributed by atoms with Crippen molar-refractivity contribution in [3.05, 3.63) is 63.9 Å². The molecule has 0 saturated carbocycles. The van der Waals surface area contributed by atoms with Gasteiger partial charge in [0.1, 0.15) is 5.75 Å². The normalized spacial score (nSPS) is 10.8. The molecule has 158 valence electrons. The van der Waals surface area contributed by atoms with Crippen molar-refractivity contribution >= 4 is 33.4 Å². The van der Waals surface area contributed by atoms with E-state index in [4.69, 9.17) is 20.8 Å². The Kier molecular flexibility index (Phi) is 8.28. The summed E-state index contributed by atoms with van der Waals surface area (Å²) in [5.41, 5.74) is 0.677. The fourth-order valence-electron chi connectivity index (χ4n) is 2.91. The molecule has 1 aromatic heterocycles. The number of benzene rings is 2. The molecule has 0 aliphatic rings. The molecule has 0 fully saturated rings. The fraction of sp³-hybridized carbons (Fsp3) is 0.318. The van der Waals surface area contributed by atoms with Gasteiger partial charge in [-0.15, -0.1) is 10.2 Å². The number of carbonyl (C=O) groups excluding carboxylic acids is 1. The minimum Gasteiger partial charge on any atom is -0.494 e. The van der Waals surface area contributed by atoms with Gasteiger partial charge in [0.15, 0.2) is 0 Å². The van der Waals surface area contributed by atoms with Gasteiger partial charge in [0.25, 0.3) is 0 Å². The van der Waals surface area contributed by atoms with E-state index < -0.39 is 0 Å². The minimum atomic E-state index is 0.0344. The van der Waals surface area contributed by atoms with Crippen LogP contribution in [0.2, 0.25) is 5.02 Å². The molecule has 0 aliphatic heterocycles. The predicted molar refractivity (Wildman–Crippen MR) is 119 cm³/mol.